The molecule has 40 heavy (non-hydrogen) atoms. The summed E-state index contributed by atoms with van der Waals surface area (Å²) in [7, 11) is -3.61. The third kappa shape index (κ3) is 8.22. The summed E-state index contributed by atoms with van der Waals surface area (Å²) in [6, 6.07) is 9.65. The average molecular weight is 575 g/mol. The van der Waals surface area contributed by atoms with E-state index in [1.807, 2.05) is 13.8 Å². The van der Waals surface area contributed by atoms with Gasteiger partial charge in [0, 0.05) is 18.7 Å². The molecule has 10 nitrogen and oxygen atoms in total. The predicted molar refractivity (Wildman–Crippen MR) is 153 cm³/mol. The first-order valence-corrected chi connectivity index (χ1v) is 14.9. The highest BCUT2D eigenvalue weighted by Crippen LogP contribution is 2.36. The number of nitrogens with one attached hydrogen (secondary N) is 1. The molecule has 0 heterocycles. The van der Waals surface area contributed by atoms with Crippen LogP contribution in [0.5, 0.6) is 0 Å². The van der Waals surface area contributed by atoms with E-state index in [4.69, 9.17) is 9.47 Å². The van der Waals surface area contributed by atoms with Gasteiger partial charge in [0.15, 0.2) is 9.84 Å². The molecule has 12 heteroatoms. The van der Waals surface area contributed by atoms with Crippen LogP contribution in [-0.2, 0) is 32.3 Å². The second kappa shape index (κ2) is 12.6. The number of carbonyl (C=O) groups is 2. The Hall–Kier alpha value is -3.09. The Morgan fingerprint density at radius 2 is 1.80 bits per heavy atom. The molecule has 3 rings (SSSR count). The zero-order valence-electron chi connectivity index (χ0n) is 23.9. The maximum atomic E-state index is 13.1. The molecular weight excluding hydrogens is 535 g/mol. The van der Waals surface area contributed by atoms with Gasteiger partial charge >= 0.3 is 19.3 Å². The number of hydrogen-bond acceptors (Lipinski definition) is 8. The van der Waals surface area contributed by atoms with Crippen LogP contribution in [0, 0.1) is 0 Å². The first-order valence-electron chi connectivity index (χ1n) is 13.4. The molecule has 0 saturated heterocycles. The SMILES string of the molecule is CCc1cc(B(O)O)ccc1[C@@H](C)COC(=O)Nc1ccc(S(=O)(=O)C2CC2)c(CN(C)C(=O)OC(C)(C)C)c1. The van der Waals surface area contributed by atoms with Crippen LogP contribution in [0.3, 0.4) is 0 Å². The highest BCUT2D eigenvalue weighted by atomic mass is 32.2. The minimum Gasteiger partial charge on any atom is -0.449 e. The Labute approximate surface area is 236 Å². The van der Waals surface area contributed by atoms with Gasteiger partial charge in [0.25, 0.3) is 0 Å². The minimum absolute atomic E-state index is 0.0316. The van der Waals surface area contributed by atoms with Crippen LogP contribution in [0.1, 0.15) is 70.1 Å². The zero-order valence-corrected chi connectivity index (χ0v) is 24.7. The first-order chi connectivity index (χ1) is 18.6. The van der Waals surface area contributed by atoms with Crippen LogP contribution < -0.4 is 10.8 Å². The third-order valence-corrected chi connectivity index (χ3v) is 8.89. The highest BCUT2D eigenvalue weighted by Gasteiger charge is 2.38. The molecule has 0 spiro atoms. The van der Waals surface area contributed by atoms with Gasteiger partial charge in [0.05, 0.1) is 23.3 Å². The Bertz CT molecular complexity index is 1340. The summed E-state index contributed by atoms with van der Waals surface area (Å²) in [4.78, 5) is 26.6. The summed E-state index contributed by atoms with van der Waals surface area (Å²) in [5.74, 6) is -0.158. The van der Waals surface area contributed by atoms with Gasteiger partial charge in [0.1, 0.15) is 5.60 Å². The fourth-order valence-corrected chi connectivity index (χ4v) is 6.16. The number of aryl methyl sites for hydroxylation is 1. The van der Waals surface area contributed by atoms with Gasteiger partial charge in [-0.05, 0) is 80.4 Å². The van der Waals surface area contributed by atoms with E-state index in [-0.39, 0.29) is 24.0 Å². The molecule has 1 aliphatic carbocycles. The lowest BCUT2D eigenvalue weighted by molar-refractivity contribution is 0.0283. The Kier molecular flexibility index (Phi) is 9.92. The standard InChI is InChI=1S/C28H39BN2O8S/c1-7-19-14-21(29(34)35)8-12-24(19)18(2)17-38-26(32)30-22-9-13-25(40(36,37)23-10-11-23)20(15-22)16-31(6)27(33)39-28(3,4)5/h8-9,12-15,18,23,34-35H,7,10-11,16-17H2,1-6H3,(H,30,32)/t18-/m0/s1. The molecule has 1 aliphatic rings. The van der Waals surface area contributed by atoms with Gasteiger partial charge < -0.3 is 24.4 Å². The minimum atomic E-state index is -3.57. The summed E-state index contributed by atoms with van der Waals surface area (Å²) in [5.41, 5.74) is 2.24. The number of rotatable bonds is 10. The number of ether oxygens (including phenoxy) is 2. The van der Waals surface area contributed by atoms with Crippen LogP contribution in [0.15, 0.2) is 41.3 Å². The molecule has 2 amide bonds. The van der Waals surface area contributed by atoms with Crippen molar-refractivity contribution < 1.29 is 37.5 Å². The second-order valence-corrected chi connectivity index (χ2v) is 13.4. The largest absolute Gasteiger partial charge is 0.488 e. The Balaban J connectivity index is 1.73. The van der Waals surface area contributed by atoms with Gasteiger partial charge in [-0.25, -0.2) is 18.0 Å². The van der Waals surface area contributed by atoms with Gasteiger partial charge in [-0.1, -0.05) is 32.0 Å². The Morgan fingerprint density at radius 1 is 1.12 bits per heavy atom. The quantitative estimate of drug-likeness (QED) is 0.366. The van der Waals surface area contributed by atoms with Crippen molar-refractivity contribution >= 4 is 40.3 Å². The third-order valence-electron chi connectivity index (χ3n) is 6.53. The molecule has 218 valence electrons. The van der Waals surface area contributed by atoms with Crippen LogP contribution in [-0.4, -0.2) is 67.2 Å². The predicted octanol–water partition coefficient (Wildman–Crippen LogP) is 3.58. The number of nitrogens with zero attached hydrogens (tertiary/aromatic N) is 1. The lowest BCUT2D eigenvalue weighted by Gasteiger charge is -2.25. The molecule has 0 aromatic heterocycles. The van der Waals surface area contributed by atoms with Crippen molar-refractivity contribution in [1.29, 1.82) is 0 Å². The second-order valence-electron chi connectivity index (χ2n) is 11.2. The fraction of sp³-hybridized carbons (Fsp3) is 0.500. The van der Waals surface area contributed by atoms with E-state index in [0.29, 0.717) is 36.0 Å². The van der Waals surface area contributed by atoms with Crippen LogP contribution >= 0.6 is 0 Å². The molecule has 0 radical (unpaired) electrons. The summed E-state index contributed by atoms with van der Waals surface area (Å²) in [6.45, 7) is 9.14. The van der Waals surface area contributed by atoms with E-state index in [9.17, 15) is 28.1 Å². The van der Waals surface area contributed by atoms with Crippen LogP contribution in [0.2, 0.25) is 0 Å². The van der Waals surface area contributed by atoms with Crippen molar-refractivity contribution in [2.45, 2.75) is 82.1 Å². The van der Waals surface area contributed by atoms with E-state index in [1.54, 1.807) is 39.0 Å². The molecule has 2 aromatic rings. The summed E-state index contributed by atoms with van der Waals surface area (Å²) < 4.78 is 37.0. The van der Waals surface area contributed by atoms with E-state index in [1.165, 1.54) is 30.1 Å². The first kappa shape index (κ1) is 31.4. The fourth-order valence-electron chi connectivity index (χ4n) is 4.29. The summed E-state index contributed by atoms with van der Waals surface area (Å²) in [5, 5.41) is 21.1. The molecule has 1 saturated carbocycles. The van der Waals surface area contributed by atoms with E-state index >= 15 is 0 Å². The summed E-state index contributed by atoms with van der Waals surface area (Å²) >= 11 is 0. The average Bonchev–Trinajstić information content (AvgIpc) is 3.72. The van der Waals surface area contributed by atoms with Gasteiger partial charge in [-0.2, -0.15) is 0 Å². The van der Waals surface area contributed by atoms with Gasteiger partial charge in [-0.15, -0.1) is 0 Å². The topological polar surface area (TPSA) is 142 Å². The Morgan fingerprint density at radius 3 is 2.38 bits per heavy atom. The number of amides is 2. The normalized spacial score (nSPS) is 14.3. The van der Waals surface area contributed by atoms with E-state index < -0.39 is 40.0 Å². The maximum Gasteiger partial charge on any atom is 0.488 e. The number of hydrogen-bond donors (Lipinski definition) is 3. The van der Waals surface area contributed by atoms with Crippen LogP contribution in [0.25, 0.3) is 0 Å². The van der Waals surface area contributed by atoms with Crippen LogP contribution in [0.4, 0.5) is 15.3 Å². The molecular formula is C28H39BN2O8S. The molecule has 0 bridgehead atoms. The number of sulfone groups is 1. The number of benzene rings is 2. The van der Waals surface area contributed by atoms with E-state index in [2.05, 4.69) is 5.32 Å². The molecule has 0 unspecified atom stereocenters. The van der Waals surface area contributed by atoms with Crippen molar-refractivity contribution in [2.24, 2.45) is 0 Å². The van der Waals surface area contributed by atoms with Gasteiger partial charge in [0.2, 0.25) is 0 Å². The monoisotopic (exact) mass is 574 g/mol. The molecule has 3 N–H and O–H groups in total. The molecule has 1 atom stereocenters. The maximum absolute atomic E-state index is 13.1. The van der Waals surface area contributed by atoms with Crippen molar-refractivity contribution in [3.8, 4) is 0 Å². The lowest BCUT2D eigenvalue weighted by Crippen LogP contribution is -2.34. The molecule has 1 fully saturated rings. The van der Waals surface area contributed by atoms with Crippen molar-refractivity contribution in [3.05, 3.63) is 53.1 Å². The van der Waals surface area contributed by atoms with Crippen molar-refractivity contribution in [2.75, 3.05) is 19.0 Å². The number of carbonyl (C=O) groups excluding carboxylic acids is 2. The highest BCUT2D eigenvalue weighted by molar-refractivity contribution is 7.92. The van der Waals surface area contributed by atoms with Crippen molar-refractivity contribution in [3.63, 3.8) is 0 Å². The smallest absolute Gasteiger partial charge is 0.449 e. The van der Waals surface area contributed by atoms with E-state index in [0.717, 1.165) is 11.1 Å². The number of anilines is 1. The summed E-state index contributed by atoms with van der Waals surface area (Å²) in [6.07, 6.45) is 0.552. The molecule has 2 aromatic carbocycles. The van der Waals surface area contributed by atoms with Gasteiger partial charge in [-0.3, -0.25) is 5.32 Å². The molecule has 0 aliphatic heterocycles. The van der Waals surface area contributed by atoms with Crippen molar-refractivity contribution in [1.82, 2.24) is 4.90 Å². The lowest BCUT2D eigenvalue weighted by atomic mass is 9.77. The zero-order chi connectivity index (χ0) is 29.8.